The Morgan fingerprint density at radius 1 is 0.967 bits per heavy atom. The van der Waals surface area contributed by atoms with Crippen molar-refractivity contribution in [2.75, 3.05) is 19.7 Å². The van der Waals surface area contributed by atoms with E-state index in [1.54, 1.807) is 0 Å². The number of benzene rings is 3. The van der Waals surface area contributed by atoms with Gasteiger partial charge in [0.2, 0.25) is 0 Å². The molecule has 4 rings (SSSR count). The highest BCUT2D eigenvalue weighted by Crippen LogP contribution is 2.27. The molecule has 1 heterocycles. The number of ketones is 1. The number of piperidine rings is 1. The number of carbonyl (C=O) groups excluding carboxylic acids is 1. The van der Waals surface area contributed by atoms with Crippen molar-refractivity contribution in [3.8, 4) is 5.75 Å². The van der Waals surface area contributed by atoms with Crippen LogP contribution >= 0.6 is 0 Å². The second-order valence-corrected chi connectivity index (χ2v) is 7.81. The average Bonchev–Trinajstić information content (AvgIpc) is 2.81. The van der Waals surface area contributed by atoms with Gasteiger partial charge in [0.1, 0.15) is 12.4 Å². The van der Waals surface area contributed by atoms with Crippen LogP contribution in [0, 0.1) is 5.92 Å². The van der Waals surface area contributed by atoms with E-state index in [1.165, 1.54) is 5.39 Å². The summed E-state index contributed by atoms with van der Waals surface area (Å²) in [6.07, 6.45) is 2.62. The molecule has 0 aromatic heterocycles. The number of fused-ring (bicyclic) bond motifs is 1. The van der Waals surface area contributed by atoms with E-state index in [2.05, 4.69) is 35.4 Å². The second kappa shape index (κ2) is 9.47. The molecule has 0 amide bonds. The molecule has 3 nitrogen and oxygen atoms in total. The van der Waals surface area contributed by atoms with Crippen LogP contribution in [0.1, 0.15) is 29.6 Å². The Labute approximate surface area is 178 Å². The standard InChI is InChI=1S/C27H27NO2/c1-2-24(20-30-27-14-8-12-22-9-6-7-13-25(22)27)28-17-15-21(16-18-28)19-26(29)23-10-4-3-5-11-23/h3-14,21H,1,15-20H2. The summed E-state index contributed by atoms with van der Waals surface area (Å²) in [6.45, 7) is 6.14. The van der Waals surface area contributed by atoms with Crippen molar-refractivity contribution in [3.05, 3.63) is 96.4 Å². The number of rotatable bonds is 7. The highest BCUT2D eigenvalue weighted by atomic mass is 16.5. The zero-order valence-electron chi connectivity index (χ0n) is 17.2. The molecule has 30 heavy (non-hydrogen) atoms. The van der Waals surface area contributed by atoms with Gasteiger partial charge in [0, 0.05) is 30.5 Å². The second-order valence-electron chi connectivity index (χ2n) is 7.81. The Bertz CT molecular complexity index is 1050. The minimum atomic E-state index is 0.243. The fourth-order valence-corrected chi connectivity index (χ4v) is 4.13. The summed E-state index contributed by atoms with van der Waals surface area (Å²) in [4.78, 5) is 14.8. The Hall–Kier alpha value is -3.29. The van der Waals surface area contributed by atoms with Gasteiger partial charge in [0.15, 0.2) is 5.78 Å². The molecule has 0 unspecified atom stereocenters. The van der Waals surface area contributed by atoms with Gasteiger partial charge in [-0.3, -0.25) is 4.79 Å². The summed E-state index contributed by atoms with van der Waals surface area (Å²) in [5.41, 5.74) is 4.87. The van der Waals surface area contributed by atoms with E-state index >= 15 is 0 Å². The molecule has 152 valence electrons. The van der Waals surface area contributed by atoms with Gasteiger partial charge < -0.3 is 9.64 Å². The molecule has 0 aliphatic carbocycles. The van der Waals surface area contributed by atoms with E-state index in [9.17, 15) is 4.79 Å². The maximum absolute atomic E-state index is 12.5. The van der Waals surface area contributed by atoms with Crippen LogP contribution in [0.25, 0.3) is 10.8 Å². The van der Waals surface area contributed by atoms with Crippen molar-refractivity contribution in [1.29, 1.82) is 0 Å². The summed E-state index contributed by atoms with van der Waals surface area (Å²) < 4.78 is 6.14. The smallest absolute Gasteiger partial charge is 0.163 e. The lowest BCUT2D eigenvalue weighted by molar-refractivity contribution is 0.0935. The van der Waals surface area contributed by atoms with E-state index in [0.717, 1.165) is 48.3 Å². The predicted molar refractivity (Wildman–Crippen MR) is 122 cm³/mol. The Morgan fingerprint density at radius 3 is 2.43 bits per heavy atom. The van der Waals surface area contributed by atoms with E-state index in [0.29, 0.717) is 18.9 Å². The summed E-state index contributed by atoms with van der Waals surface area (Å²) >= 11 is 0. The third kappa shape index (κ3) is 4.64. The monoisotopic (exact) mass is 397 g/mol. The molecule has 0 N–H and O–H groups in total. The van der Waals surface area contributed by atoms with Gasteiger partial charge in [0.25, 0.3) is 0 Å². The summed E-state index contributed by atoms with van der Waals surface area (Å²) in [6, 6.07) is 23.9. The van der Waals surface area contributed by atoms with Gasteiger partial charge in [-0.25, -0.2) is 0 Å². The normalized spacial score (nSPS) is 14.3. The quantitative estimate of drug-likeness (QED) is 0.369. The van der Waals surface area contributed by atoms with Gasteiger partial charge in [-0.1, -0.05) is 73.3 Å². The molecule has 0 saturated carbocycles. The first kappa shape index (κ1) is 20.0. The zero-order chi connectivity index (χ0) is 20.8. The van der Waals surface area contributed by atoms with E-state index < -0.39 is 0 Å². The molecule has 0 bridgehead atoms. The zero-order valence-corrected chi connectivity index (χ0v) is 17.2. The third-order valence-electron chi connectivity index (χ3n) is 5.88. The van der Waals surface area contributed by atoms with Gasteiger partial charge >= 0.3 is 0 Å². The average molecular weight is 398 g/mol. The van der Waals surface area contributed by atoms with Crippen molar-refractivity contribution in [3.63, 3.8) is 0 Å². The summed E-state index contributed by atoms with van der Waals surface area (Å²) in [5.74, 6) is 1.55. The first-order valence-electron chi connectivity index (χ1n) is 10.6. The molecule has 1 fully saturated rings. The lowest BCUT2D eigenvalue weighted by atomic mass is 9.89. The predicted octanol–water partition coefficient (Wildman–Crippen LogP) is 5.87. The van der Waals surface area contributed by atoms with E-state index in [-0.39, 0.29) is 5.78 Å². The van der Waals surface area contributed by atoms with Crippen molar-refractivity contribution < 1.29 is 9.53 Å². The number of carbonyl (C=O) groups is 1. The largest absolute Gasteiger partial charge is 0.486 e. The topological polar surface area (TPSA) is 29.5 Å². The van der Waals surface area contributed by atoms with E-state index in [4.69, 9.17) is 4.74 Å². The minimum Gasteiger partial charge on any atom is -0.486 e. The van der Waals surface area contributed by atoms with Crippen molar-refractivity contribution in [1.82, 2.24) is 4.90 Å². The molecule has 3 aromatic carbocycles. The Kier molecular flexibility index (Phi) is 6.32. The lowest BCUT2D eigenvalue weighted by Gasteiger charge is -2.34. The highest BCUT2D eigenvalue weighted by Gasteiger charge is 2.23. The molecule has 3 heteroatoms. The molecular weight excluding hydrogens is 370 g/mol. The van der Waals surface area contributed by atoms with Gasteiger partial charge in [0.05, 0.1) is 5.70 Å². The first-order valence-corrected chi connectivity index (χ1v) is 10.6. The van der Waals surface area contributed by atoms with Crippen LogP contribution in [0.15, 0.2) is 90.8 Å². The number of hydrogen-bond acceptors (Lipinski definition) is 3. The highest BCUT2D eigenvalue weighted by molar-refractivity contribution is 5.96. The molecule has 1 saturated heterocycles. The number of ether oxygens (including phenoxy) is 1. The van der Waals surface area contributed by atoms with Crippen LogP contribution in [-0.4, -0.2) is 30.4 Å². The van der Waals surface area contributed by atoms with Gasteiger partial charge in [-0.2, -0.15) is 0 Å². The fraction of sp³-hybridized carbons (Fsp3) is 0.259. The van der Waals surface area contributed by atoms with Crippen molar-refractivity contribution in [2.24, 2.45) is 5.92 Å². The number of hydrogen-bond donors (Lipinski definition) is 0. The van der Waals surface area contributed by atoms with Crippen LogP contribution in [-0.2, 0) is 0 Å². The molecule has 1 aliphatic heterocycles. The molecule has 0 radical (unpaired) electrons. The van der Waals surface area contributed by atoms with Crippen LogP contribution < -0.4 is 4.74 Å². The number of nitrogens with zero attached hydrogens (tertiary/aromatic N) is 1. The maximum atomic E-state index is 12.5. The Balaban J connectivity index is 1.32. The molecule has 1 aliphatic rings. The SMILES string of the molecule is C=C=C(COc1cccc2ccccc12)N1CCC(CC(=O)c2ccccc2)CC1. The maximum Gasteiger partial charge on any atom is 0.163 e. The van der Waals surface area contributed by atoms with Crippen LogP contribution in [0.3, 0.4) is 0 Å². The third-order valence-corrected chi connectivity index (χ3v) is 5.88. The van der Waals surface area contributed by atoms with Crippen LogP contribution in [0.5, 0.6) is 5.75 Å². The van der Waals surface area contributed by atoms with Crippen molar-refractivity contribution in [2.45, 2.75) is 19.3 Å². The van der Waals surface area contributed by atoms with Crippen LogP contribution in [0.4, 0.5) is 0 Å². The Morgan fingerprint density at radius 2 is 1.67 bits per heavy atom. The van der Waals surface area contributed by atoms with Crippen LogP contribution in [0.2, 0.25) is 0 Å². The first-order chi connectivity index (χ1) is 14.7. The fourth-order valence-electron chi connectivity index (χ4n) is 4.13. The van der Waals surface area contributed by atoms with Gasteiger partial charge in [-0.15, -0.1) is 5.73 Å². The molecular formula is C27H27NO2. The molecule has 0 spiro atoms. The van der Waals surface area contributed by atoms with Crippen molar-refractivity contribution >= 4 is 16.6 Å². The van der Waals surface area contributed by atoms with Gasteiger partial charge in [-0.05, 0) is 30.2 Å². The lowest BCUT2D eigenvalue weighted by Crippen LogP contribution is -2.35. The minimum absolute atomic E-state index is 0.243. The molecule has 3 aromatic rings. The summed E-state index contributed by atoms with van der Waals surface area (Å²) in [7, 11) is 0. The van der Waals surface area contributed by atoms with E-state index in [1.807, 2.05) is 54.6 Å². The number of likely N-dealkylation sites (tertiary alicyclic amines) is 1. The summed E-state index contributed by atoms with van der Waals surface area (Å²) in [5, 5.41) is 2.28. The number of Topliss-reactive ketones (excluding diaryl/α,β-unsaturated/α-hetero) is 1. The molecule has 0 atom stereocenters.